The number of thioether (sulfide) groups is 1. The van der Waals surface area contributed by atoms with E-state index in [4.69, 9.17) is 4.42 Å². The molecular weight excluding hydrogens is 238 g/mol. The quantitative estimate of drug-likeness (QED) is 0.767. The Bertz CT molecular complexity index is 389. The molecule has 0 aliphatic carbocycles. The van der Waals surface area contributed by atoms with E-state index in [9.17, 15) is 9.90 Å². The third kappa shape index (κ3) is 3.78. The Morgan fingerprint density at radius 2 is 2.29 bits per heavy atom. The van der Waals surface area contributed by atoms with Crippen molar-refractivity contribution >= 4 is 17.7 Å². The molecule has 1 aromatic heterocycles. The van der Waals surface area contributed by atoms with Crippen LogP contribution in [0.25, 0.3) is 0 Å². The molecule has 0 fully saturated rings. The average molecular weight is 257 g/mol. The van der Waals surface area contributed by atoms with Gasteiger partial charge in [0.15, 0.2) is 0 Å². The number of carboxylic acid groups (broad SMARTS) is 1. The molecule has 1 rings (SSSR count). The normalized spacial score (nSPS) is 14.9. The summed E-state index contributed by atoms with van der Waals surface area (Å²) in [5.74, 6) is 0.452. The standard InChI is InChI=1S/C12H19NO3S/c1-8(2)13-12(4,11(14)15)7-17-10-5-6-16-9(10)3/h5-6,8,13H,7H2,1-4H3,(H,14,15). The second kappa shape index (κ2) is 5.60. The summed E-state index contributed by atoms with van der Waals surface area (Å²) >= 11 is 1.49. The predicted octanol–water partition coefficient (Wildman–Crippen LogP) is 2.52. The Morgan fingerprint density at radius 3 is 2.71 bits per heavy atom. The van der Waals surface area contributed by atoms with E-state index in [1.165, 1.54) is 11.8 Å². The number of hydrogen-bond donors (Lipinski definition) is 2. The van der Waals surface area contributed by atoms with Gasteiger partial charge in [0, 0.05) is 16.7 Å². The van der Waals surface area contributed by atoms with Gasteiger partial charge in [0.05, 0.1) is 6.26 Å². The van der Waals surface area contributed by atoms with Gasteiger partial charge in [-0.3, -0.25) is 10.1 Å². The minimum Gasteiger partial charge on any atom is -0.480 e. The lowest BCUT2D eigenvalue weighted by atomic mass is 10.1. The van der Waals surface area contributed by atoms with E-state index < -0.39 is 11.5 Å². The van der Waals surface area contributed by atoms with Gasteiger partial charge in [-0.25, -0.2) is 0 Å². The molecule has 5 heteroatoms. The molecule has 0 bridgehead atoms. The van der Waals surface area contributed by atoms with Crippen molar-refractivity contribution < 1.29 is 14.3 Å². The molecule has 1 aromatic rings. The molecule has 0 amide bonds. The molecule has 0 aliphatic rings. The van der Waals surface area contributed by atoms with Crippen LogP contribution < -0.4 is 5.32 Å². The second-order valence-corrected chi connectivity index (χ2v) is 5.58. The molecule has 0 saturated heterocycles. The molecular formula is C12H19NO3S. The molecule has 0 spiro atoms. The SMILES string of the molecule is Cc1occc1SCC(C)(NC(C)C)C(=O)O. The number of aliphatic carboxylic acids is 1. The molecule has 0 saturated carbocycles. The number of rotatable bonds is 6. The largest absolute Gasteiger partial charge is 0.480 e. The molecule has 0 aromatic carbocycles. The van der Waals surface area contributed by atoms with E-state index in [2.05, 4.69) is 5.32 Å². The highest BCUT2D eigenvalue weighted by molar-refractivity contribution is 7.99. The summed E-state index contributed by atoms with van der Waals surface area (Å²) < 4.78 is 5.18. The predicted molar refractivity (Wildman–Crippen MR) is 68.5 cm³/mol. The van der Waals surface area contributed by atoms with Gasteiger partial charge in [-0.05, 0) is 33.8 Å². The Hall–Kier alpha value is -0.940. The zero-order valence-electron chi connectivity index (χ0n) is 10.6. The monoisotopic (exact) mass is 257 g/mol. The maximum Gasteiger partial charge on any atom is 0.324 e. The van der Waals surface area contributed by atoms with E-state index in [0.717, 1.165) is 10.7 Å². The lowest BCUT2D eigenvalue weighted by Gasteiger charge is -2.28. The van der Waals surface area contributed by atoms with Crippen LogP contribution in [0.5, 0.6) is 0 Å². The van der Waals surface area contributed by atoms with Crippen LogP contribution in [0, 0.1) is 6.92 Å². The van der Waals surface area contributed by atoms with Gasteiger partial charge in [0.2, 0.25) is 0 Å². The number of carbonyl (C=O) groups is 1. The Kier molecular flexibility index (Phi) is 4.65. The van der Waals surface area contributed by atoms with Crippen LogP contribution in [0.3, 0.4) is 0 Å². The van der Waals surface area contributed by atoms with E-state index in [1.54, 1.807) is 13.2 Å². The summed E-state index contributed by atoms with van der Waals surface area (Å²) in [6, 6.07) is 1.99. The molecule has 0 radical (unpaired) electrons. The van der Waals surface area contributed by atoms with Crippen molar-refractivity contribution in [1.29, 1.82) is 0 Å². The van der Waals surface area contributed by atoms with E-state index in [0.29, 0.717) is 5.75 Å². The van der Waals surface area contributed by atoms with Crippen molar-refractivity contribution in [1.82, 2.24) is 5.32 Å². The molecule has 96 valence electrons. The van der Waals surface area contributed by atoms with Crippen LogP contribution in [0.2, 0.25) is 0 Å². The molecule has 1 unspecified atom stereocenters. The van der Waals surface area contributed by atoms with Crippen LogP contribution in [-0.2, 0) is 4.79 Å². The fraction of sp³-hybridized carbons (Fsp3) is 0.583. The lowest BCUT2D eigenvalue weighted by Crippen LogP contribution is -2.54. The summed E-state index contributed by atoms with van der Waals surface area (Å²) in [4.78, 5) is 12.3. The number of carboxylic acids is 1. The first-order valence-electron chi connectivity index (χ1n) is 5.53. The molecule has 1 heterocycles. The lowest BCUT2D eigenvalue weighted by molar-refractivity contribution is -0.143. The molecule has 2 N–H and O–H groups in total. The average Bonchev–Trinajstić information content (AvgIpc) is 2.60. The van der Waals surface area contributed by atoms with E-state index in [-0.39, 0.29) is 6.04 Å². The van der Waals surface area contributed by atoms with Crippen molar-refractivity contribution in [2.45, 2.75) is 44.2 Å². The van der Waals surface area contributed by atoms with Crippen LogP contribution in [-0.4, -0.2) is 28.4 Å². The number of furan rings is 1. The van der Waals surface area contributed by atoms with Crippen molar-refractivity contribution in [3.05, 3.63) is 18.1 Å². The van der Waals surface area contributed by atoms with Crippen LogP contribution in [0.1, 0.15) is 26.5 Å². The van der Waals surface area contributed by atoms with Crippen LogP contribution >= 0.6 is 11.8 Å². The summed E-state index contributed by atoms with van der Waals surface area (Å²) in [5.41, 5.74) is -0.928. The van der Waals surface area contributed by atoms with Gasteiger partial charge in [0.1, 0.15) is 11.3 Å². The summed E-state index contributed by atoms with van der Waals surface area (Å²) in [6.45, 7) is 7.46. The maximum atomic E-state index is 11.3. The van der Waals surface area contributed by atoms with E-state index in [1.807, 2.05) is 26.8 Å². The summed E-state index contributed by atoms with van der Waals surface area (Å²) in [5, 5.41) is 12.4. The van der Waals surface area contributed by atoms with Gasteiger partial charge in [-0.2, -0.15) is 0 Å². The highest BCUT2D eigenvalue weighted by Crippen LogP contribution is 2.26. The van der Waals surface area contributed by atoms with Gasteiger partial charge >= 0.3 is 5.97 Å². The fourth-order valence-electron chi connectivity index (χ4n) is 1.55. The number of nitrogens with one attached hydrogen (secondary N) is 1. The van der Waals surface area contributed by atoms with Crippen molar-refractivity contribution in [2.75, 3.05) is 5.75 Å². The van der Waals surface area contributed by atoms with E-state index >= 15 is 0 Å². The molecule has 17 heavy (non-hydrogen) atoms. The Balaban J connectivity index is 2.68. The van der Waals surface area contributed by atoms with Gasteiger partial charge in [-0.1, -0.05) is 0 Å². The van der Waals surface area contributed by atoms with Crippen LogP contribution in [0.15, 0.2) is 21.6 Å². The third-order valence-electron chi connectivity index (χ3n) is 2.41. The van der Waals surface area contributed by atoms with Gasteiger partial charge in [0.25, 0.3) is 0 Å². The minimum atomic E-state index is -0.928. The first-order chi connectivity index (χ1) is 7.85. The minimum absolute atomic E-state index is 0.127. The maximum absolute atomic E-state index is 11.3. The highest BCUT2D eigenvalue weighted by Gasteiger charge is 2.33. The van der Waals surface area contributed by atoms with Crippen LogP contribution in [0.4, 0.5) is 0 Å². The second-order valence-electron chi connectivity index (χ2n) is 4.57. The Morgan fingerprint density at radius 1 is 1.65 bits per heavy atom. The summed E-state index contributed by atoms with van der Waals surface area (Å²) in [6.07, 6.45) is 1.62. The number of aryl methyl sites for hydroxylation is 1. The zero-order valence-corrected chi connectivity index (χ0v) is 11.4. The zero-order chi connectivity index (χ0) is 13.1. The van der Waals surface area contributed by atoms with Crippen molar-refractivity contribution in [3.8, 4) is 0 Å². The molecule has 1 atom stereocenters. The van der Waals surface area contributed by atoms with Crippen molar-refractivity contribution in [3.63, 3.8) is 0 Å². The summed E-state index contributed by atoms with van der Waals surface area (Å²) in [7, 11) is 0. The Labute approximate surface area is 106 Å². The topological polar surface area (TPSA) is 62.5 Å². The molecule has 0 aliphatic heterocycles. The smallest absolute Gasteiger partial charge is 0.324 e. The third-order valence-corrected chi connectivity index (χ3v) is 3.86. The number of hydrogen-bond acceptors (Lipinski definition) is 4. The van der Waals surface area contributed by atoms with Gasteiger partial charge in [-0.15, -0.1) is 11.8 Å². The fourth-order valence-corrected chi connectivity index (χ4v) is 2.60. The van der Waals surface area contributed by atoms with Crippen molar-refractivity contribution in [2.24, 2.45) is 0 Å². The highest BCUT2D eigenvalue weighted by atomic mass is 32.2. The first kappa shape index (κ1) is 14.1. The molecule has 4 nitrogen and oxygen atoms in total. The van der Waals surface area contributed by atoms with Gasteiger partial charge < -0.3 is 9.52 Å². The first-order valence-corrected chi connectivity index (χ1v) is 6.51.